The summed E-state index contributed by atoms with van der Waals surface area (Å²) >= 11 is 1.79. The van der Waals surface area contributed by atoms with Gasteiger partial charge in [0, 0.05) is 30.6 Å². The summed E-state index contributed by atoms with van der Waals surface area (Å²) in [6.07, 6.45) is 4.20. The zero-order valence-electron chi connectivity index (χ0n) is 10.1. The molecular weight excluding hydrogens is 232 g/mol. The van der Waals surface area contributed by atoms with Gasteiger partial charge in [0.05, 0.1) is 5.69 Å². The van der Waals surface area contributed by atoms with E-state index in [2.05, 4.69) is 40.1 Å². The summed E-state index contributed by atoms with van der Waals surface area (Å²) in [6.45, 7) is 4.90. The fourth-order valence-corrected chi connectivity index (χ4v) is 2.30. The third-order valence-electron chi connectivity index (χ3n) is 2.49. The molecule has 0 bridgehead atoms. The number of hydrogen-bond donors (Lipinski definition) is 1. The molecule has 0 unspecified atom stereocenters. The first-order chi connectivity index (χ1) is 8.38. The molecule has 0 aliphatic carbocycles. The van der Waals surface area contributed by atoms with E-state index in [1.54, 1.807) is 11.3 Å². The maximum atomic E-state index is 4.14. The van der Waals surface area contributed by atoms with Crippen molar-refractivity contribution in [2.45, 2.75) is 32.9 Å². The summed E-state index contributed by atoms with van der Waals surface area (Å²) in [6, 6.07) is 4.24. The van der Waals surface area contributed by atoms with Gasteiger partial charge in [0.25, 0.3) is 0 Å². The van der Waals surface area contributed by atoms with Gasteiger partial charge in [0.1, 0.15) is 0 Å². The first kappa shape index (κ1) is 12.3. The van der Waals surface area contributed by atoms with Crippen molar-refractivity contribution in [3.05, 3.63) is 34.3 Å². The van der Waals surface area contributed by atoms with Gasteiger partial charge in [-0.2, -0.15) is 0 Å². The zero-order chi connectivity index (χ0) is 11.9. The smallest absolute Gasteiger partial charge is 0.0964 e. The maximum Gasteiger partial charge on any atom is 0.0964 e. The van der Waals surface area contributed by atoms with Crippen LogP contribution in [0.3, 0.4) is 0 Å². The lowest BCUT2D eigenvalue weighted by Crippen LogP contribution is -2.13. The van der Waals surface area contributed by atoms with Crippen LogP contribution in [0.5, 0.6) is 0 Å². The number of nitrogens with zero attached hydrogens (tertiary/aromatic N) is 3. The molecule has 5 heteroatoms. The van der Waals surface area contributed by atoms with Gasteiger partial charge >= 0.3 is 0 Å². The highest BCUT2D eigenvalue weighted by Gasteiger charge is 2.01. The summed E-state index contributed by atoms with van der Waals surface area (Å²) in [7, 11) is 0. The second kappa shape index (κ2) is 6.51. The zero-order valence-corrected chi connectivity index (χ0v) is 10.9. The molecule has 4 nitrogen and oxygen atoms in total. The van der Waals surface area contributed by atoms with Gasteiger partial charge in [-0.05, 0) is 24.4 Å². The number of aryl methyl sites for hydroxylation is 2. The van der Waals surface area contributed by atoms with Crippen LogP contribution >= 0.6 is 11.3 Å². The second-order valence-electron chi connectivity index (χ2n) is 3.98. The number of aromatic nitrogens is 3. The monoisotopic (exact) mass is 250 g/mol. The van der Waals surface area contributed by atoms with Gasteiger partial charge in [0.2, 0.25) is 0 Å². The Balaban J connectivity index is 1.77. The number of nitrogens with one attached hydrogen (secondary N) is 1. The molecule has 1 N–H and O–H groups in total. The van der Waals surface area contributed by atoms with E-state index in [1.165, 1.54) is 4.88 Å². The van der Waals surface area contributed by atoms with Crippen molar-refractivity contribution in [3.63, 3.8) is 0 Å². The van der Waals surface area contributed by atoms with E-state index >= 15 is 0 Å². The predicted octanol–water partition coefficient (Wildman–Crippen LogP) is 2.08. The van der Waals surface area contributed by atoms with E-state index in [4.69, 9.17) is 0 Å². The molecule has 2 rings (SSSR count). The molecule has 0 aliphatic rings. The lowest BCUT2D eigenvalue weighted by atomic mass is 10.3. The first-order valence-electron chi connectivity index (χ1n) is 6.00. The Morgan fingerprint density at radius 3 is 3.18 bits per heavy atom. The summed E-state index contributed by atoms with van der Waals surface area (Å²) in [5, 5.41) is 13.7. The van der Waals surface area contributed by atoms with Crippen molar-refractivity contribution >= 4 is 11.3 Å². The lowest BCUT2D eigenvalue weighted by molar-refractivity contribution is 0.592. The average Bonchev–Trinajstić information content (AvgIpc) is 2.98. The van der Waals surface area contributed by atoms with Crippen LogP contribution in [-0.4, -0.2) is 21.5 Å². The van der Waals surface area contributed by atoms with E-state index in [0.29, 0.717) is 0 Å². The van der Waals surface area contributed by atoms with Gasteiger partial charge in [-0.25, -0.2) is 0 Å². The minimum absolute atomic E-state index is 0.812. The average molecular weight is 250 g/mol. The van der Waals surface area contributed by atoms with Crippen LogP contribution in [0, 0.1) is 0 Å². The summed E-state index contributed by atoms with van der Waals surface area (Å²) in [5.41, 5.74) is 1.02. The van der Waals surface area contributed by atoms with Crippen molar-refractivity contribution < 1.29 is 0 Å². The van der Waals surface area contributed by atoms with E-state index in [9.17, 15) is 0 Å². The molecule has 2 aromatic rings. The van der Waals surface area contributed by atoms with Crippen LogP contribution in [0.15, 0.2) is 23.7 Å². The Bertz CT molecular complexity index is 421. The molecule has 92 valence electrons. The van der Waals surface area contributed by atoms with E-state index in [0.717, 1.165) is 38.2 Å². The van der Waals surface area contributed by atoms with Crippen molar-refractivity contribution in [2.24, 2.45) is 0 Å². The first-order valence-corrected chi connectivity index (χ1v) is 6.88. The quantitative estimate of drug-likeness (QED) is 0.765. The van der Waals surface area contributed by atoms with Gasteiger partial charge in [-0.3, -0.25) is 4.68 Å². The summed E-state index contributed by atoms with van der Waals surface area (Å²) in [4.78, 5) is 1.39. The molecule has 0 saturated heterocycles. The molecule has 0 atom stereocenters. The van der Waals surface area contributed by atoms with Crippen LogP contribution in [0.2, 0.25) is 0 Å². The van der Waals surface area contributed by atoms with Crippen LogP contribution in [0.4, 0.5) is 0 Å². The maximum absolute atomic E-state index is 4.14. The molecule has 0 aliphatic heterocycles. The fourth-order valence-electron chi connectivity index (χ4n) is 1.60. The SMILES string of the molecule is CCCNCc1cn(CCc2cccs2)nn1. The molecular formula is C12H18N4S. The Morgan fingerprint density at radius 2 is 2.41 bits per heavy atom. The number of thiophene rings is 1. The lowest BCUT2D eigenvalue weighted by Gasteiger charge is -1.98. The number of hydrogen-bond acceptors (Lipinski definition) is 4. The highest BCUT2D eigenvalue weighted by Crippen LogP contribution is 2.09. The van der Waals surface area contributed by atoms with Crippen LogP contribution < -0.4 is 5.32 Å². The minimum Gasteiger partial charge on any atom is -0.311 e. The number of rotatable bonds is 7. The minimum atomic E-state index is 0.812. The summed E-state index contributed by atoms with van der Waals surface area (Å²) < 4.78 is 1.92. The molecule has 2 aromatic heterocycles. The third kappa shape index (κ3) is 3.94. The van der Waals surface area contributed by atoms with Gasteiger partial charge in [0.15, 0.2) is 0 Å². The Morgan fingerprint density at radius 1 is 1.47 bits per heavy atom. The molecule has 0 fully saturated rings. The van der Waals surface area contributed by atoms with Crippen molar-refractivity contribution in [3.8, 4) is 0 Å². The molecule has 0 saturated carbocycles. The Hall–Kier alpha value is -1.20. The molecule has 2 heterocycles. The van der Waals surface area contributed by atoms with Crippen molar-refractivity contribution in [2.75, 3.05) is 6.54 Å². The van der Waals surface area contributed by atoms with Crippen molar-refractivity contribution in [1.82, 2.24) is 20.3 Å². The Kier molecular flexibility index (Phi) is 4.70. The van der Waals surface area contributed by atoms with Gasteiger partial charge < -0.3 is 5.32 Å². The van der Waals surface area contributed by atoms with Crippen LogP contribution in [0.25, 0.3) is 0 Å². The topological polar surface area (TPSA) is 42.7 Å². The van der Waals surface area contributed by atoms with Crippen LogP contribution in [0.1, 0.15) is 23.9 Å². The van der Waals surface area contributed by atoms with Gasteiger partial charge in [-0.15, -0.1) is 16.4 Å². The highest BCUT2D eigenvalue weighted by molar-refractivity contribution is 7.09. The largest absolute Gasteiger partial charge is 0.311 e. The second-order valence-corrected chi connectivity index (χ2v) is 5.01. The molecule has 0 radical (unpaired) electrons. The highest BCUT2D eigenvalue weighted by atomic mass is 32.1. The summed E-state index contributed by atoms with van der Waals surface area (Å²) in [5.74, 6) is 0. The fraction of sp³-hybridized carbons (Fsp3) is 0.500. The van der Waals surface area contributed by atoms with Gasteiger partial charge in [-0.1, -0.05) is 18.2 Å². The van der Waals surface area contributed by atoms with E-state index < -0.39 is 0 Å². The third-order valence-corrected chi connectivity index (χ3v) is 3.42. The van der Waals surface area contributed by atoms with E-state index in [-0.39, 0.29) is 0 Å². The predicted molar refractivity (Wildman–Crippen MR) is 70.0 cm³/mol. The molecule has 0 amide bonds. The normalized spacial score (nSPS) is 10.9. The van der Waals surface area contributed by atoms with E-state index in [1.807, 2.05) is 10.9 Å². The molecule has 17 heavy (non-hydrogen) atoms. The Labute approximate surface area is 106 Å². The molecule has 0 aromatic carbocycles. The molecule has 0 spiro atoms. The van der Waals surface area contributed by atoms with Crippen molar-refractivity contribution in [1.29, 1.82) is 0 Å². The standard InChI is InChI=1S/C12H18N4S/c1-2-6-13-9-11-10-16(15-14-11)7-5-12-4-3-8-17-12/h3-4,8,10,13H,2,5-7,9H2,1H3. The van der Waals surface area contributed by atoms with Crippen LogP contribution in [-0.2, 0) is 19.5 Å².